The van der Waals surface area contributed by atoms with Gasteiger partial charge < -0.3 is 3.17 Å². The summed E-state index contributed by atoms with van der Waals surface area (Å²) in [5, 5.41) is 0. The monoisotopic (exact) mass is 131 g/mol. The first-order valence-electron chi connectivity index (χ1n) is 2.34. The van der Waals surface area contributed by atoms with Crippen LogP contribution in [0, 0.1) is 0 Å². The zero-order valence-electron chi connectivity index (χ0n) is 4.32. The Hall–Kier alpha value is 1.02. The highest BCUT2D eigenvalue weighted by molar-refractivity contribution is 6.17. The van der Waals surface area contributed by atoms with Crippen molar-refractivity contribution in [1.29, 1.82) is 0 Å². The Labute approximate surface area is 62.3 Å². The minimum Gasteiger partial charge on any atom is -0.584 e. The van der Waals surface area contributed by atoms with E-state index in [0.29, 0.717) is 0 Å². The van der Waals surface area contributed by atoms with Gasteiger partial charge >= 0.3 is 22.1 Å². The first-order valence-corrected chi connectivity index (χ1v) is 3.46. The molecular weight excluding hydrogens is 124 g/mol. The molecule has 1 radical (unpaired) electrons. The minimum atomic E-state index is 0.756. The minimum absolute atomic E-state index is 0.756. The smallest absolute Gasteiger partial charge is 0.452 e. The van der Waals surface area contributed by atoms with E-state index < -0.39 is 0 Å². The maximum Gasteiger partial charge on any atom is 0.452 e. The highest BCUT2D eigenvalue weighted by atomic mass is 35.5. The van der Waals surface area contributed by atoms with Gasteiger partial charge in [0.25, 0.3) is 0 Å². The molecule has 0 atom stereocenters. The largest absolute Gasteiger partial charge is 0.584 e. The third-order valence-electron chi connectivity index (χ3n) is 0.672. The van der Waals surface area contributed by atoms with Crippen molar-refractivity contribution in [2.75, 3.05) is 12.5 Å². The van der Waals surface area contributed by atoms with E-state index in [1.54, 1.807) is 0 Å². The van der Waals surface area contributed by atoms with E-state index in [1.165, 1.54) is 22.1 Å². The van der Waals surface area contributed by atoms with Crippen LogP contribution in [0.25, 0.3) is 0 Å². The second-order valence-electron chi connectivity index (χ2n) is 1.30. The van der Waals surface area contributed by atoms with Crippen LogP contribution in [-0.4, -0.2) is 34.6 Å². The quantitative estimate of drug-likeness (QED) is 0.316. The summed E-state index contributed by atoms with van der Waals surface area (Å²) in [5.41, 5.74) is 0. The second-order valence-corrected chi connectivity index (χ2v) is 2.09. The molecule has 0 fully saturated rings. The van der Waals surface area contributed by atoms with Crippen LogP contribution in [0.5, 0.6) is 0 Å². The maximum absolute atomic E-state index is 5.38. The van der Waals surface area contributed by atoms with Crippen molar-refractivity contribution in [2.45, 2.75) is 12.8 Å². The van der Waals surface area contributed by atoms with E-state index in [0.717, 1.165) is 25.3 Å². The van der Waals surface area contributed by atoms with Crippen molar-refractivity contribution in [2.24, 2.45) is 0 Å². The van der Waals surface area contributed by atoms with Crippen molar-refractivity contribution < 1.29 is 3.17 Å². The molecule has 0 spiro atoms. The highest BCUT2D eigenvalue weighted by Crippen LogP contribution is 1.89. The van der Waals surface area contributed by atoms with Crippen molar-refractivity contribution in [1.82, 2.24) is 0 Å². The maximum atomic E-state index is 5.38. The Bertz CT molecular complexity index is 30.9. The molecule has 0 unspecified atom stereocenters. The molecule has 0 bridgehead atoms. The number of unbranched alkanes of at least 4 members (excludes halogenated alkanes) is 1. The standard InChI is InChI=1S/C4H8ClO.Mg/c5-3-1-2-4-6;/h1-4H2;/q-1;+1. The second kappa shape index (κ2) is 7.02. The van der Waals surface area contributed by atoms with Gasteiger partial charge in [-0.3, -0.25) is 0 Å². The van der Waals surface area contributed by atoms with Gasteiger partial charge in [-0.05, 0) is 12.8 Å². The Balaban J connectivity index is 2.45. The third kappa shape index (κ3) is 7.02. The van der Waals surface area contributed by atoms with Crippen LogP contribution < -0.4 is 0 Å². The molecule has 0 N–H and O–H groups in total. The first-order chi connectivity index (χ1) is 3.41. The molecule has 0 heterocycles. The van der Waals surface area contributed by atoms with Gasteiger partial charge in [-0.1, -0.05) is 0 Å². The Morgan fingerprint density at radius 1 is 1.43 bits per heavy atom. The van der Waals surface area contributed by atoms with E-state index in [9.17, 15) is 0 Å². The van der Waals surface area contributed by atoms with E-state index in [2.05, 4.69) is 0 Å². The zero-order chi connectivity index (χ0) is 5.54. The predicted molar refractivity (Wildman–Crippen MR) is 31.7 cm³/mol. The SMILES string of the molecule is [Mg][O]CCCCCl. The third-order valence-corrected chi connectivity index (χ3v) is 1.23. The molecule has 0 aromatic heterocycles. The summed E-state index contributed by atoms with van der Waals surface area (Å²) in [5.74, 6) is 0.756. The van der Waals surface area contributed by atoms with Crippen LogP contribution in [0.15, 0.2) is 0 Å². The molecule has 0 rings (SSSR count). The Morgan fingerprint density at radius 2 is 2.14 bits per heavy atom. The average Bonchev–Trinajstić information content (AvgIpc) is 1.69. The lowest BCUT2D eigenvalue weighted by atomic mass is 10.4. The summed E-state index contributed by atoms with van der Waals surface area (Å²) in [6.07, 6.45) is 2.16. The summed E-state index contributed by atoms with van der Waals surface area (Å²) in [4.78, 5) is 0. The molecule has 3 heteroatoms. The van der Waals surface area contributed by atoms with Crippen LogP contribution in [0.2, 0.25) is 0 Å². The van der Waals surface area contributed by atoms with E-state index in [-0.39, 0.29) is 0 Å². The Kier molecular flexibility index (Phi) is 8.03. The van der Waals surface area contributed by atoms with Crippen molar-refractivity contribution >= 4 is 33.7 Å². The van der Waals surface area contributed by atoms with Crippen LogP contribution in [0.4, 0.5) is 0 Å². The number of hydrogen-bond acceptors (Lipinski definition) is 1. The number of hydrogen-bond donors (Lipinski definition) is 0. The van der Waals surface area contributed by atoms with Crippen molar-refractivity contribution in [3.8, 4) is 0 Å². The fourth-order valence-electron chi connectivity index (χ4n) is 0.299. The molecule has 0 aliphatic carbocycles. The van der Waals surface area contributed by atoms with Gasteiger partial charge in [0.2, 0.25) is 0 Å². The molecule has 0 amide bonds. The van der Waals surface area contributed by atoms with Gasteiger partial charge in [0.15, 0.2) is 0 Å². The lowest BCUT2D eigenvalue weighted by Gasteiger charge is -1.95. The van der Waals surface area contributed by atoms with E-state index in [1.807, 2.05) is 0 Å². The highest BCUT2D eigenvalue weighted by Gasteiger charge is 1.79. The fourth-order valence-corrected chi connectivity index (χ4v) is 0.692. The molecular formula is C4H8ClMgO. The predicted octanol–water partition coefficient (Wildman–Crippen LogP) is 1.11. The number of rotatable bonds is 4. The normalized spacial score (nSPS) is 9.14. The van der Waals surface area contributed by atoms with E-state index >= 15 is 0 Å². The lowest BCUT2D eigenvalue weighted by Crippen LogP contribution is -1.88. The van der Waals surface area contributed by atoms with Crippen LogP contribution in [0.3, 0.4) is 0 Å². The molecule has 0 saturated heterocycles. The summed E-state index contributed by atoms with van der Waals surface area (Å²) in [6, 6.07) is 0. The van der Waals surface area contributed by atoms with Crippen molar-refractivity contribution in [3.63, 3.8) is 0 Å². The van der Waals surface area contributed by atoms with Gasteiger partial charge in [-0.15, -0.1) is 11.6 Å². The van der Waals surface area contributed by atoms with Crippen molar-refractivity contribution in [3.05, 3.63) is 0 Å². The van der Waals surface area contributed by atoms with Gasteiger partial charge in [0.1, 0.15) is 0 Å². The molecule has 0 aliphatic heterocycles. The summed E-state index contributed by atoms with van der Waals surface area (Å²) in [7, 11) is 0. The molecule has 39 valence electrons. The molecule has 0 saturated carbocycles. The average molecular weight is 132 g/mol. The molecule has 0 aliphatic rings. The van der Waals surface area contributed by atoms with Crippen LogP contribution in [-0.2, 0) is 3.17 Å². The van der Waals surface area contributed by atoms with E-state index in [4.69, 9.17) is 14.8 Å². The molecule has 1 nitrogen and oxygen atoms in total. The lowest BCUT2D eigenvalue weighted by molar-refractivity contribution is 0.340. The molecule has 7 heavy (non-hydrogen) atoms. The molecule has 0 aromatic carbocycles. The number of alkyl halides is 1. The fraction of sp³-hybridized carbons (Fsp3) is 1.00. The molecule has 0 aromatic rings. The van der Waals surface area contributed by atoms with Gasteiger partial charge in [0, 0.05) is 12.5 Å². The zero-order valence-corrected chi connectivity index (χ0v) is 6.49. The van der Waals surface area contributed by atoms with Gasteiger partial charge in [0.05, 0.1) is 0 Å². The summed E-state index contributed by atoms with van der Waals surface area (Å²) >= 11 is 6.92. The first kappa shape index (κ1) is 8.02. The topological polar surface area (TPSA) is 9.23 Å². The van der Waals surface area contributed by atoms with Gasteiger partial charge in [-0.25, -0.2) is 0 Å². The van der Waals surface area contributed by atoms with Gasteiger partial charge in [-0.2, -0.15) is 0 Å². The summed E-state index contributed by atoms with van der Waals surface area (Å²) in [6.45, 7) is 0.852. The Morgan fingerprint density at radius 3 is 2.57 bits per heavy atom. The van der Waals surface area contributed by atoms with Crippen LogP contribution in [0.1, 0.15) is 12.8 Å². The summed E-state index contributed by atoms with van der Waals surface area (Å²) < 4.78 is 4.81. The number of halogens is 1. The van der Waals surface area contributed by atoms with Crippen LogP contribution >= 0.6 is 11.6 Å².